The first-order chi connectivity index (χ1) is 10.9. The monoisotopic (exact) mass is 354 g/mol. The quantitative estimate of drug-likeness (QED) is 0.610. The van der Waals surface area contributed by atoms with Gasteiger partial charge in [-0.15, -0.1) is 0 Å². The normalized spacial score (nSPS) is 34.3. The molecule has 0 aromatic rings. The Morgan fingerprint density at radius 3 is 2.42 bits per heavy atom. The maximum Gasteiger partial charge on any atom is 0.333 e. The Bertz CT molecular complexity index is 530. The van der Waals surface area contributed by atoms with Gasteiger partial charge >= 0.3 is 5.97 Å². The van der Waals surface area contributed by atoms with Crippen LogP contribution in [-0.4, -0.2) is 38.2 Å². The second-order valence-electron chi connectivity index (χ2n) is 9.26. The molecule has 2 aliphatic carbocycles. The summed E-state index contributed by atoms with van der Waals surface area (Å²) in [7, 11) is -0.492. The largest absolute Gasteiger partial charge is 0.466 e. The van der Waals surface area contributed by atoms with Crippen molar-refractivity contribution in [1.29, 1.82) is 0 Å². The second-order valence-corrected chi connectivity index (χ2v) is 14.0. The van der Waals surface area contributed by atoms with Gasteiger partial charge in [0.1, 0.15) is 0 Å². The van der Waals surface area contributed by atoms with Crippen molar-refractivity contribution in [2.24, 2.45) is 5.41 Å². The Hall–Kier alpha value is -0.653. The van der Waals surface area contributed by atoms with Crippen molar-refractivity contribution < 1.29 is 19.1 Å². The molecule has 4 nitrogen and oxygen atoms in total. The fraction of sp³-hybridized carbons (Fsp3) is 0.842. The van der Waals surface area contributed by atoms with Gasteiger partial charge in [-0.1, -0.05) is 26.8 Å². The zero-order valence-electron chi connectivity index (χ0n) is 16.4. The van der Waals surface area contributed by atoms with Crippen LogP contribution >= 0.6 is 0 Å². The van der Waals surface area contributed by atoms with E-state index in [0.717, 1.165) is 24.8 Å². The summed E-state index contributed by atoms with van der Waals surface area (Å²) in [6.45, 7) is 13.2. The summed E-state index contributed by atoms with van der Waals surface area (Å²) in [5, 5.41) is 11.3. The highest BCUT2D eigenvalue weighted by Crippen LogP contribution is 2.57. The van der Waals surface area contributed by atoms with E-state index in [1.807, 2.05) is 13.0 Å². The smallest absolute Gasteiger partial charge is 0.333 e. The number of esters is 1. The Balaban J connectivity index is 2.28. The van der Waals surface area contributed by atoms with E-state index >= 15 is 0 Å². The Labute approximate surface area is 147 Å². The van der Waals surface area contributed by atoms with Gasteiger partial charge < -0.3 is 14.3 Å². The van der Waals surface area contributed by atoms with Crippen molar-refractivity contribution >= 4 is 14.3 Å². The number of carbonyl (C=O) groups is 1. The zero-order valence-corrected chi connectivity index (χ0v) is 17.4. The van der Waals surface area contributed by atoms with E-state index < -0.39 is 13.9 Å². The van der Waals surface area contributed by atoms with Gasteiger partial charge in [-0.05, 0) is 57.2 Å². The van der Waals surface area contributed by atoms with Crippen molar-refractivity contribution in [2.75, 3.05) is 7.11 Å². The minimum atomic E-state index is -1.91. The van der Waals surface area contributed by atoms with Crippen LogP contribution in [0.1, 0.15) is 59.8 Å². The predicted molar refractivity (Wildman–Crippen MR) is 98.3 cm³/mol. The van der Waals surface area contributed by atoms with E-state index in [9.17, 15) is 9.90 Å². The van der Waals surface area contributed by atoms with E-state index in [2.05, 4.69) is 33.9 Å². The summed E-state index contributed by atoms with van der Waals surface area (Å²) in [4.78, 5) is 11.8. The third-order valence-electron chi connectivity index (χ3n) is 6.83. The Kier molecular flexibility index (Phi) is 5.13. The number of aliphatic hydroxyl groups is 1. The molecule has 0 aromatic carbocycles. The molecular weight excluding hydrogens is 320 g/mol. The lowest BCUT2D eigenvalue weighted by atomic mass is 9.65. The SMILES string of the molecule is COC(=O)C1=CC[C@]2(CC1)[C@H](O[Si](C)(C)C(C)(C)C)CC[C@@]2(C)O. The lowest BCUT2D eigenvalue weighted by Crippen LogP contribution is -2.53. The maximum absolute atomic E-state index is 11.8. The zero-order chi connectivity index (χ0) is 18.4. The third kappa shape index (κ3) is 3.23. The number of methoxy groups -OCH3 is 1. The van der Waals surface area contributed by atoms with Crippen LogP contribution in [0.4, 0.5) is 0 Å². The van der Waals surface area contributed by atoms with Crippen LogP contribution in [0.25, 0.3) is 0 Å². The molecule has 0 heterocycles. The standard InChI is InChI=1S/C19H34O4Si/c1-17(2,3)24(6,7)23-15-10-11-18(4,21)19(15)12-8-14(9-13-19)16(20)22-5/h8,15,21H,9-13H2,1-7H3/t15-,18-,19+/m1/s1. The van der Waals surface area contributed by atoms with Crippen molar-refractivity contribution in [2.45, 2.75) is 89.6 Å². The summed E-state index contributed by atoms with van der Waals surface area (Å²) >= 11 is 0. The summed E-state index contributed by atoms with van der Waals surface area (Å²) in [5.74, 6) is -0.246. The number of ether oxygens (including phenoxy) is 1. The van der Waals surface area contributed by atoms with Gasteiger partial charge in [0.15, 0.2) is 8.32 Å². The van der Waals surface area contributed by atoms with Crippen LogP contribution in [-0.2, 0) is 14.0 Å². The number of carbonyl (C=O) groups excluding carboxylic acids is 1. The lowest BCUT2D eigenvalue weighted by Gasteiger charge is -2.49. The molecule has 1 N–H and O–H groups in total. The molecule has 1 spiro atoms. The molecule has 1 fully saturated rings. The summed E-state index contributed by atoms with van der Waals surface area (Å²) in [6.07, 6.45) is 5.79. The van der Waals surface area contributed by atoms with E-state index in [4.69, 9.17) is 9.16 Å². The topological polar surface area (TPSA) is 55.8 Å². The van der Waals surface area contributed by atoms with Gasteiger partial charge in [0.25, 0.3) is 0 Å². The Morgan fingerprint density at radius 2 is 1.96 bits per heavy atom. The van der Waals surface area contributed by atoms with E-state index in [1.54, 1.807) is 0 Å². The molecule has 0 aliphatic heterocycles. The highest BCUT2D eigenvalue weighted by atomic mass is 28.4. The molecule has 2 aliphatic rings. The van der Waals surface area contributed by atoms with Gasteiger partial charge in [0, 0.05) is 11.0 Å². The average Bonchev–Trinajstić information content (AvgIpc) is 2.70. The highest BCUT2D eigenvalue weighted by Gasteiger charge is 2.59. The molecule has 0 saturated heterocycles. The molecule has 0 unspecified atom stereocenters. The number of hydrogen-bond acceptors (Lipinski definition) is 4. The molecule has 0 amide bonds. The van der Waals surface area contributed by atoms with Gasteiger partial charge in [-0.25, -0.2) is 4.79 Å². The summed E-state index contributed by atoms with van der Waals surface area (Å²) in [5.41, 5.74) is -0.310. The van der Waals surface area contributed by atoms with Crippen LogP contribution in [0.15, 0.2) is 11.6 Å². The maximum atomic E-state index is 11.8. The first kappa shape index (κ1) is 19.7. The fourth-order valence-electron chi connectivity index (χ4n) is 3.95. The Morgan fingerprint density at radius 1 is 1.33 bits per heavy atom. The minimum absolute atomic E-state index is 0.0591. The fourth-order valence-corrected chi connectivity index (χ4v) is 5.36. The molecule has 0 aromatic heterocycles. The molecule has 0 radical (unpaired) electrons. The van der Waals surface area contributed by atoms with Crippen molar-refractivity contribution in [3.63, 3.8) is 0 Å². The molecule has 5 heteroatoms. The molecule has 138 valence electrons. The molecule has 0 bridgehead atoms. The van der Waals surface area contributed by atoms with Crippen LogP contribution < -0.4 is 0 Å². The second kappa shape index (κ2) is 6.26. The first-order valence-electron chi connectivity index (χ1n) is 9.04. The summed E-state index contributed by atoms with van der Waals surface area (Å²) in [6, 6.07) is 0. The molecular formula is C19H34O4Si. The average molecular weight is 355 g/mol. The third-order valence-corrected chi connectivity index (χ3v) is 11.3. The lowest BCUT2D eigenvalue weighted by molar-refractivity contribution is -0.137. The van der Waals surface area contributed by atoms with Crippen molar-refractivity contribution in [3.05, 3.63) is 11.6 Å². The van der Waals surface area contributed by atoms with Gasteiger partial charge in [0.05, 0.1) is 18.8 Å². The number of hydrogen-bond donors (Lipinski definition) is 1. The molecule has 3 atom stereocenters. The first-order valence-corrected chi connectivity index (χ1v) is 11.9. The van der Waals surface area contributed by atoms with Crippen LogP contribution in [0.2, 0.25) is 18.1 Å². The molecule has 1 saturated carbocycles. The van der Waals surface area contributed by atoms with Crippen molar-refractivity contribution in [3.8, 4) is 0 Å². The van der Waals surface area contributed by atoms with Crippen LogP contribution in [0, 0.1) is 5.41 Å². The van der Waals surface area contributed by atoms with Crippen molar-refractivity contribution in [1.82, 2.24) is 0 Å². The number of allylic oxidation sites excluding steroid dienone is 1. The minimum Gasteiger partial charge on any atom is -0.466 e. The van der Waals surface area contributed by atoms with E-state index in [-0.39, 0.29) is 22.5 Å². The molecule has 2 rings (SSSR count). The summed E-state index contributed by atoms with van der Waals surface area (Å²) < 4.78 is 11.6. The predicted octanol–water partition coefficient (Wildman–Crippen LogP) is 4.19. The molecule has 24 heavy (non-hydrogen) atoms. The highest BCUT2D eigenvalue weighted by molar-refractivity contribution is 6.74. The van der Waals surface area contributed by atoms with Crippen LogP contribution in [0.3, 0.4) is 0 Å². The van der Waals surface area contributed by atoms with Crippen LogP contribution in [0.5, 0.6) is 0 Å². The van der Waals surface area contributed by atoms with Gasteiger partial charge in [-0.3, -0.25) is 0 Å². The number of rotatable bonds is 3. The van der Waals surface area contributed by atoms with Gasteiger partial charge in [0.2, 0.25) is 0 Å². The van der Waals surface area contributed by atoms with E-state index in [1.165, 1.54) is 7.11 Å². The van der Waals surface area contributed by atoms with Gasteiger partial charge in [-0.2, -0.15) is 0 Å². The van der Waals surface area contributed by atoms with E-state index in [0.29, 0.717) is 12.8 Å².